The second-order valence-electron chi connectivity index (χ2n) is 7.92. The van der Waals surface area contributed by atoms with Crippen molar-refractivity contribution in [3.8, 4) is 5.69 Å². The van der Waals surface area contributed by atoms with Crippen LogP contribution in [0.4, 0.5) is 0 Å². The molecule has 1 saturated heterocycles. The number of rotatable bonds is 6. The molecule has 0 unspecified atom stereocenters. The molecule has 0 saturated carbocycles. The van der Waals surface area contributed by atoms with E-state index in [-0.39, 0.29) is 16.5 Å². The van der Waals surface area contributed by atoms with Gasteiger partial charge in [0.2, 0.25) is 10.0 Å². The summed E-state index contributed by atoms with van der Waals surface area (Å²) in [5, 5.41) is 4.63. The molecule has 1 N–H and O–H groups in total. The van der Waals surface area contributed by atoms with Gasteiger partial charge in [-0.1, -0.05) is 18.2 Å². The summed E-state index contributed by atoms with van der Waals surface area (Å²) >= 11 is 0. The number of amides is 1. The van der Waals surface area contributed by atoms with Crippen LogP contribution in [0.15, 0.2) is 47.5 Å². The number of aromatic nitrogens is 3. The molecule has 1 amide bonds. The third-order valence-electron chi connectivity index (χ3n) is 5.77. The van der Waals surface area contributed by atoms with Crippen molar-refractivity contribution in [3.05, 3.63) is 65.2 Å². The zero-order valence-electron chi connectivity index (χ0n) is 18.0. The van der Waals surface area contributed by atoms with Gasteiger partial charge in [-0.25, -0.2) is 13.1 Å². The molecule has 0 aliphatic carbocycles. The topological polar surface area (TPSA) is 91.3 Å². The fourth-order valence-electron chi connectivity index (χ4n) is 3.96. The number of benzene rings is 1. The molecule has 9 heteroatoms. The second kappa shape index (κ2) is 8.32. The van der Waals surface area contributed by atoms with Crippen LogP contribution in [0.2, 0.25) is 0 Å². The highest BCUT2D eigenvalue weighted by Gasteiger charge is 2.29. The normalized spacial score (nSPS) is 14.8. The number of hydrogen-bond acceptors (Lipinski definition) is 4. The Morgan fingerprint density at radius 1 is 1.16 bits per heavy atom. The maximum Gasteiger partial charge on any atom is 0.270 e. The van der Waals surface area contributed by atoms with E-state index in [2.05, 4.69) is 10.1 Å². The zero-order valence-corrected chi connectivity index (χ0v) is 18.8. The molecule has 164 valence electrons. The number of H-pyrrole nitrogens is 1. The fourth-order valence-corrected chi connectivity index (χ4v) is 5.48. The number of nitrogens with zero attached hydrogens (tertiary/aromatic N) is 4. The molecule has 2 aromatic heterocycles. The van der Waals surface area contributed by atoms with Gasteiger partial charge in [0.25, 0.3) is 5.91 Å². The van der Waals surface area contributed by atoms with Crippen molar-refractivity contribution in [3.63, 3.8) is 0 Å². The van der Waals surface area contributed by atoms with E-state index in [9.17, 15) is 13.2 Å². The van der Waals surface area contributed by atoms with Gasteiger partial charge in [0.15, 0.2) is 0 Å². The van der Waals surface area contributed by atoms with Gasteiger partial charge in [-0.05, 0) is 44.9 Å². The number of sulfonamides is 1. The minimum atomic E-state index is -3.56. The predicted molar refractivity (Wildman–Crippen MR) is 118 cm³/mol. The van der Waals surface area contributed by atoms with Gasteiger partial charge < -0.3 is 9.88 Å². The van der Waals surface area contributed by atoms with E-state index in [0.717, 1.165) is 35.5 Å². The first kappa shape index (κ1) is 21.3. The molecule has 0 radical (unpaired) electrons. The van der Waals surface area contributed by atoms with E-state index in [1.165, 1.54) is 16.6 Å². The monoisotopic (exact) mass is 441 g/mol. The van der Waals surface area contributed by atoms with Crippen LogP contribution in [0, 0.1) is 13.8 Å². The molecule has 4 rings (SSSR count). The lowest BCUT2D eigenvalue weighted by Gasteiger charge is -2.17. The summed E-state index contributed by atoms with van der Waals surface area (Å²) in [6.07, 6.45) is 3.14. The van der Waals surface area contributed by atoms with Gasteiger partial charge in [0.1, 0.15) is 10.6 Å². The van der Waals surface area contributed by atoms with Gasteiger partial charge in [-0.15, -0.1) is 0 Å². The van der Waals surface area contributed by atoms with Crippen molar-refractivity contribution in [2.75, 3.05) is 20.1 Å². The average Bonchev–Trinajstić information content (AvgIpc) is 3.51. The maximum absolute atomic E-state index is 13.0. The number of nitrogens with one attached hydrogen (secondary N) is 1. The van der Waals surface area contributed by atoms with Gasteiger partial charge in [0, 0.05) is 44.1 Å². The largest absolute Gasteiger partial charge is 0.356 e. The molecule has 3 aromatic rings. The van der Waals surface area contributed by atoms with E-state index < -0.39 is 10.0 Å². The molecule has 1 aliphatic rings. The molecular formula is C22H27N5O3S. The van der Waals surface area contributed by atoms with Crippen molar-refractivity contribution >= 4 is 15.9 Å². The molecule has 3 heterocycles. The molecule has 1 fully saturated rings. The third kappa shape index (κ3) is 4.03. The predicted octanol–water partition coefficient (Wildman–Crippen LogP) is 2.87. The highest BCUT2D eigenvalue weighted by molar-refractivity contribution is 7.89. The summed E-state index contributed by atoms with van der Waals surface area (Å²) < 4.78 is 28.8. The maximum atomic E-state index is 13.0. The van der Waals surface area contributed by atoms with Gasteiger partial charge >= 0.3 is 0 Å². The van der Waals surface area contributed by atoms with Crippen LogP contribution in [-0.4, -0.2) is 58.4 Å². The van der Waals surface area contributed by atoms with E-state index in [4.69, 9.17) is 0 Å². The van der Waals surface area contributed by atoms with E-state index in [1.807, 2.05) is 48.9 Å². The van der Waals surface area contributed by atoms with Crippen LogP contribution < -0.4 is 0 Å². The Morgan fingerprint density at radius 3 is 2.52 bits per heavy atom. The Kier molecular flexibility index (Phi) is 5.72. The zero-order chi connectivity index (χ0) is 22.2. The molecule has 0 atom stereocenters. The van der Waals surface area contributed by atoms with Crippen molar-refractivity contribution < 1.29 is 13.2 Å². The average molecular weight is 442 g/mol. The van der Waals surface area contributed by atoms with Gasteiger partial charge in [-0.2, -0.15) is 9.40 Å². The van der Waals surface area contributed by atoms with Crippen molar-refractivity contribution in [1.29, 1.82) is 0 Å². The van der Waals surface area contributed by atoms with Crippen LogP contribution in [-0.2, 0) is 16.6 Å². The number of carbonyl (C=O) groups excluding carboxylic acids is 1. The first-order valence-corrected chi connectivity index (χ1v) is 11.8. The summed E-state index contributed by atoms with van der Waals surface area (Å²) in [4.78, 5) is 17.5. The second-order valence-corrected chi connectivity index (χ2v) is 9.86. The Morgan fingerprint density at radius 2 is 1.84 bits per heavy atom. The summed E-state index contributed by atoms with van der Waals surface area (Å²) in [5.74, 6) is -0.269. The van der Waals surface area contributed by atoms with E-state index in [0.29, 0.717) is 19.6 Å². The van der Waals surface area contributed by atoms with Crippen molar-refractivity contribution in [2.45, 2.75) is 38.1 Å². The van der Waals surface area contributed by atoms with Crippen LogP contribution in [0.1, 0.15) is 40.3 Å². The molecule has 31 heavy (non-hydrogen) atoms. The standard InChI is InChI=1S/C22H27N5O3S/c1-16-20(17(2)27(24-16)18-9-5-4-6-10-18)15-25(3)22(28)21-13-19(14-23-21)31(29,30)26-11-7-8-12-26/h4-6,9-10,13-14,23H,7-8,11-12,15H2,1-3H3. The minimum absolute atomic E-state index is 0.135. The first-order valence-electron chi connectivity index (χ1n) is 10.3. The van der Waals surface area contributed by atoms with Crippen molar-refractivity contribution in [1.82, 2.24) is 24.0 Å². The Balaban J connectivity index is 1.52. The van der Waals surface area contributed by atoms with Gasteiger partial charge in [0.05, 0.1) is 11.4 Å². The van der Waals surface area contributed by atoms with E-state index >= 15 is 0 Å². The Hall–Kier alpha value is -2.91. The SMILES string of the molecule is Cc1nn(-c2ccccc2)c(C)c1CN(C)C(=O)c1cc(S(=O)(=O)N2CCCC2)c[nH]1. The molecular weight excluding hydrogens is 414 g/mol. The minimum Gasteiger partial charge on any atom is -0.356 e. The molecule has 0 bridgehead atoms. The third-order valence-corrected chi connectivity index (χ3v) is 7.65. The first-order chi connectivity index (χ1) is 14.8. The quantitative estimate of drug-likeness (QED) is 0.637. The molecule has 0 spiro atoms. The number of aromatic amines is 1. The van der Waals surface area contributed by atoms with Crippen molar-refractivity contribution in [2.24, 2.45) is 0 Å². The molecule has 1 aromatic carbocycles. The van der Waals surface area contributed by atoms with Crippen LogP contribution >= 0.6 is 0 Å². The van der Waals surface area contributed by atoms with Crippen LogP contribution in [0.25, 0.3) is 5.69 Å². The van der Waals surface area contributed by atoms with Crippen LogP contribution in [0.5, 0.6) is 0 Å². The smallest absolute Gasteiger partial charge is 0.270 e. The highest BCUT2D eigenvalue weighted by atomic mass is 32.2. The van der Waals surface area contributed by atoms with E-state index in [1.54, 1.807) is 11.9 Å². The molecule has 1 aliphatic heterocycles. The lowest BCUT2D eigenvalue weighted by molar-refractivity contribution is 0.0779. The summed E-state index contributed by atoms with van der Waals surface area (Å²) in [6.45, 7) is 5.34. The highest BCUT2D eigenvalue weighted by Crippen LogP contribution is 2.23. The number of para-hydroxylation sites is 1. The van der Waals surface area contributed by atoms with Gasteiger partial charge in [-0.3, -0.25) is 4.79 Å². The number of carbonyl (C=O) groups is 1. The lowest BCUT2D eigenvalue weighted by Crippen LogP contribution is -2.28. The number of aryl methyl sites for hydroxylation is 1. The van der Waals surface area contributed by atoms with Crippen LogP contribution in [0.3, 0.4) is 0 Å². The summed E-state index contributed by atoms with van der Waals surface area (Å²) in [6, 6.07) is 11.3. The Bertz CT molecular complexity index is 1190. The fraction of sp³-hybridized carbons (Fsp3) is 0.364. The Labute approximate surface area is 182 Å². The summed E-state index contributed by atoms with van der Waals surface area (Å²) in [7, 11) is -1.85. The number of hydrogen-bond donors (Lipinski definition) is 1. The molecule has 8 nitrogen and oxygen atoms in total. The lowest BCUT2D eigenvalue weighted by atomic mass is 10.2. The summed E-state index contributed by atoms with van der Waals surface area (Å²) in [5.41, 5.74) is 4.00.